The standard InChI is InChI=1S/C25H21NO2/c1-2-16-5-8-21-17(12-16)6-9-22(25(21)27)18-7-10-23-20(13-18)14-24(28-23)19-4-3-11-26-15-19/h3-5,7-8,10-15,22H,2,6,9H2,1H3. The van der Waals surface area contributed by atoms with Gasteiger partial charge in [0.1, 0.15) is 11.3 Å². The molecular formula is C25H21NO2. The molecule has 2 heterocycles. The molecule has 2 aromatic carbocycles. The molecule has 4 aromatic rings. The van der Waals surface area contributed by atoms with Crippen molar-refractivity contribution in [3.63, 3.8) is 0 Å². The average molecular weight is 367 g/mol. The normalized spacial score (nSPS) is 16.3. The lowest BCUT2D eigenvalue weighted by molar-refractivity contribution is 0.0946. The second kappa shape index (κ2) is 6.75. The topological polar surface area (TPSA) is 43.1 Å². The minimum atomic E-state index is -0.0823. The van der Waals surface area contributed by atoms with Crippen molar-refractivity contribution in [3.05, 3.63) is 89.2 Å². The maximum Gasteiger partial charge on any atom is 0.170 e. The van der Waals surface area contributed by atoms with Crippen LogP contribution in [0.1, 0.15) is 46.3 Å². The second-order valence-corrected chi connectivity index (χ2v) is 7.45. The molecule has 1 aliphatic carbocycles. The van der Waals surface area contributed by atoms with Gasteiger partial charge >= 0.3 is 0 Å². The Morgan fingerprint density at radius 3 is 2.86 bits per heavy atom. The molecule has 3 heteroatoms. The monoisotopic (exact) mass is 367 g/mol. The summed E-state index contributed by atoms with van der Waals surface area (Å²) in [5, 5.41) is 1.02. The van der Waals surface area contributed by atoms with Crippen molar-refractivity contribution in [1.82, 2.24) is 4.98 Å². The van der Waals surface area contributed by atoms with Crippen molar-refractivity contribution in [1.29, 1.82) is 0 Å². The number of Topliss-reactive ketones (excluding diaryl/α,β-unsaturated/α-hetero) is 1. The molecule has 0 spiro atoms. The summed E-state index contributed by atoms with van der Waals surface area (Å²) < 4.78 is 5.98. The van der Waals surface area contributed by atoms with E-state index in [1.54, 1.807) is 12.4 Å². The molecule has 1 unspecified atom stereocenters. The number of benzene rings is 2. The number of carbonyl (C=O) groups excluding carboxylic acids is 1. The molecule has 0 aliphatic heterocycles. The van der Waals surface area contributed by atoms with Crippen LogP contribution in [0.2, 0.25) is 0 Å². The first-order valence-electron chi connectivity index (χ1n) is 9.83. The number of nitrogens with zero attached hydrogens (tertiary/aromatic N) is 1. The summed E-state index contributed by atoms with van der Waals surface area (Å²) in [6.07, 6.45) is 6.36. The predicted molar refractivity (Wildman–Crippen MR) is 111 cm³/mol. The summed E-state index contributed by atoms with van der Waals surface area (Å²) in [4.78, 5) is 17.3. The maximum atomic E-state index is 13.1. The molecule has 0 fully saturated rings. The third-order valence-corrected chi connectivity index (χ3v) is 5.75. The van der Waals surface area contributed by atoms with E-state index in [-0.39, 0.29) is 11.7 Å². The molecule has 0 amide bonds. The molecule has 0 saturated heterocycles. The molecule has 1 aliphatic rings. The van der Waals surface area contributed by atoms with E-state index >= 15 is 0 Å². The molecule has 138 valence electrons. The Balaban J connectivity index is 1.50. The van der Waals surface area contributed by atoms with Crippen LogP contribution in [0, 0.1) is 0 Å². The van der Waals surface area contributed by atoms with Gasteiger partial charge in [0.05, 0.1) is 0 Å². The zero-order chi connectivity index (χ0) is 19.1. The first-order valence-corrected chi connectivity index (χ1v) is 9.83. The van der Waals surface area contributed by atoms with Gasteiger partial charge in [-0.25, -0.2) is 0 Å². The fraction of sp³-hybridized carbons (Fsp3) is 0.200. The number of hydrogen-bond acceptors (Lipinski definition) is 3. The molecule has 0 saturated carbocycles. The molecule has 0 bridgehead atoms. The van der Waals surface area contributed by atoms with E-state index in [4.69, 9.17) is 4.42 Å². The van der Waals surface area contributed by atoms with Gasteiger partial charge in [0, 0.05) is 34.8 Å². The van der Waals surface area contributed by atoms with Crippen LogP contribution in [0.5, 0.6) is 0 Å². The number of aryl methyl sites for hydroxylation is 2. The highest BCUT2D eigenvalue weighted by Crippen LogP contribution is 2.36. The fourth-order valence-corrected chi connectivity index (χ4v) is 4.18. The minimum absolute atomic E-state index is 0.0823. The van der Waals surface area contributed by atoms with Gasteiger partial charge in [0.15, 0.2) is 5.78 Å². The van der Waals surface area contributed by atoms with Crippen molar-refractivity contribution in [2.75, 3.05) is 0 Å². The summed E-state index contributed by atoms with van der Waals surface area (Å²) in [6.45, 7) is 2.15. The van der Waals surface area contributed by atoms with E-state index in [1.165, 1.54) is 11.1 Å². The molecule has 2 aromatic heterocycles. The summed E-state index contributed by atoms with van der Waals surface area (Å²) in [5.74, 6) is 0.952. The highest BCUT2D eigenvalue weighted by Gasteiger charge is 2.29. The number of furan rings is 1. The van der Waals surface area contributed by atoms with E-state index in [2.05, 4.69) is 30.1 Å². The first kappa shape index (κ1) is 16.9. The lowest BCUT2D eigenvalue weighted by atomic mass is 9.78. The molecule has 0 radical (unpaired) electrons. The van der Waals surface area contributed by atoms with Crippen LogP contribution in [-0.2, 0) is 12.8 Å². The van der Waals surface area contributed by atoms with Crippen molar-refractivity contribution in [3.8, 4) is 11.3 Å². The highest BCUT2D eigenvalue weighted by molar-refractivity contribution is 6.03. The molecular weight excluding hydrogens is 346 g/mol. The summed E-state index contributed by atoms with van der Waals surface area (Å²) in [5.41, 5.74) is 6.24. The number of pyridine rings is 1. The van der Waals surface area contributed by atoms with Gasteiger partial charge in [0.25, 0.3) is 0 Å². The van der Waals surface area contributed by atoms with Crippen LogP contribution in [-0.4, -0.2) is 10.8 Å². The number of carbonyl (C=O) groups is 1. The largest absolute Gasteiger partial charge is 0.456 e. The molecule has 0 N–H and O–H groups in total. The van der Waals surface area contributed by atoms with Gasteiger partial charge in [-0.2, -0.15) is 0 Å². The number of fused-ring (bicyclic) bond motifs is 2. The molecule has 3 nitrogen and oxygen atoms in total. The highest BCUT2D eigenvalue weighted by atomic mass is 16.3. The smallest absolute Gasteiger partial charge is 0.170 e. The Morgan fingerprint density at radius 1 is 1.11 bits per heavy atom. The summed E-state index contributed by atoms with van der Waals surface area (Å²) in [6, 6.07) is 18.3. The summed E-state index contributed by atoms with van der Waals surface area (Å²) in [7, 11) is 0. The number of aromatic nitrogens is 1. The van der Waals surface area contributed by atoms with E-state index in [1.807, 2.05) is 36.4 Å². The SMILES string of the molecule is CCc1ccc2c(c1)CCC(c1ccc3oc(-c4cccnc4)cc3c1)C2=O. The Hall–Kier alpha value is -3.20. The number of ketones is 1. The average Bonchev–Trinajstić information content (AvgIpc) is 3.18. The Kier molecular flexibility index (Phi) is 4.09. The van der Waals surface area contributed by atoms with Gasteiger partial charge in [-0.1, -0.05) is 31.2 Å². The fourth-order valence-electron chi connectivity index (χ4n) is 4.18. The van der Waals surface area contributed by atoms with E-state index in [0.717, 1.165) is 52.7 Å². The van der Waals surface area contributed by atoms with Crippen molar-refractivity contribution in [2.24, 2.45) is 0 Å². The first-order chi connectivity index (χ1) is 13.7. The quantitative estimate of drug-likeness (QED) is 0.448. The van der Waals surface area contributed by atoms with Crippen LogP contribution >= 0.6 is 0 Å². The number of rotatable bonds is 3. The van der Waals surface area contributed by atoms with Crippen molar-refractivity contribution < 1.29 is 9.21 Å². The Labute approximate surface area is 164 Å². The summed E-state index contributed by atoms with van der Waals surface area (Å²) >= 11 is 0. The Bertz CT molecular complexity index is 1170. The van der Waals surface area contributed by atoms with Crippen LogP contribution in [0.4, 0.5) is 0 Å². The molecule has 1 atom stereocenters. The van der Waals surface area contributed by atoms with Crippen molar-refractivity contribution in [2.45, 2.75) is 32.1 Å². The van der Waals surface area contributed by atoms with E-state index < -0.39 is 0 Å². The molecule has 5 rings (SSSR count). The van der Waals surface area contributed by atoms with Gasteiger partial charge in [-0.05, 0) is 66.3 Å². The number of hydrogen-bond donors (Lipinski definition) is 0. The van der Waals surface area contributed by atoms with E-state index in [9.17, 15) is 4.79 Å². The predicted octanol–water partition coefficient (Wildman–Crippen LogP) is 5.97. The van der Waals surface area contributed by atoms with Gasteiger partial charge in [-0.15, -0.1) is 0 Å². The van der Waals surface area contributed by atoms with Crippen molar-refractivity contribution >= 4 is 16.8 Å². The molecule has 28 heavy (non-hydrogen) atoms. The minimum Gasteiger partial charge on any atom is -0.456 e. The van der Waals surface area contributed by atoms with Gasteiger partial charge in [-0.3, -0.25) is 9.78 Å². The van der Waals surface area contributed by atoms with Crippen LogP contribution in [0.3, 0.4) is 0 Å². The lowest BCUT2D eigenvalue weighted by Crippen LogP contribution is -2.21. The maximum absolute atomic E-state index is 13.1. The van der Waals surface area contributed by atoms with Gasteiger partial charge in [0.2, 0.25) is 0 Å². The van der Waals surface area contributed by atoms with Crippen LogP contribution in [0.25, 0.3) is 22.3 Å². The second-order valence-electron chi connectivity index (χ2n) is 7.45. The third-order valence-electron chi connectivity index (χ3n) is 5.75. The van der Waals surface area contributed by atoms with E-state index in [0.29, 0.717) is 0 Å². The van der Waals surface area contributed by atoms with Crippen LogP contribution in [0.15, 0.2) is 71.4 Å². The van der Waals surface area contributed by atoms with Gasteiger partial charge < -0.3 is 4.42 Å². The Morgan fingerprint density at radius 2 is 2.04 bits per heavy atom. The lowest BCUT2D eigenvalue weighted by Gasteiger charge is -2.24. The zero-order valence-electron chi connectivity index (χ0n) is 15.8. The van der Waals surface area contributed by atoms with Crippen LogP contribution < -0.4 is 0 Å². The zero-order valence-corrected chi connectivity index (χ0v) is 15.8. The third kappa shape index (κ3) is 2.84.